The van der Waals surface area contributed by atoms with E-state index >= 15 is 0 Å². The maximum absolute atomic E-state index is 12.3. The van der Waals surface area contributed by atoms with Gasteiger partial charge in [-0.05, 0) is 24.3 Å². The first kappa shape index (κ1) is 14.3. The summed E-state index contributed by atoms with van der Waals surface area (Å²) in [6, 6.07) is 10.5. The summed E-state index contributed by atoms with van der Waals surface area (Å²) in [5.41, 5.74) is 0.566. The number of ketones is 1. The lowest BCUT2D eigenvalue weighted by Crippen LogP contribution is -2.02. The van der Waals surface area contributed by atoms with Crippen molar-refractivity contribution < 1.29 is 19.1 Å². The standard InChI is InChI=1S/C15H14O4S/c1-18-11-5-3-4-10(8-11)15(17)13-7-6-12(20-13)9-14(16)19-2/h3-8H,9H2,1-2H3. The van der Waals surface area contributed by atoms with E-state index in [1.807, 2.05) is 0 Å². The third kappa shape index (κ3) is 3.24. The maximum Gasteiger partial charge on any atom is 0.310 e. The molecule has 4 nitrogen and oxygen atoms in total. The zero-order chi connectivity index (χ0) is 14.5. The highest BCUT2D eigenvalue weighted by Crippen LogP contribution is 2.22. The number of hydrogen-bond donors (Lipinski definition) is 0. The van der Waals surface area contributed by atoms with Gasteiger partial charge in [0.25, 0.3) is 0 Å². The van der Waals surface area contributed by atoms with Crippen molar-refractivity contribution in [2.24, 2.45) is 0 Å². The van der Waals surface area contributed by atoms with Crippen LogP contribution < -0.4 is 4.74 Å². The molecule has 0 saturated heterocycles. The van der Waals surface area contributed by atoms with Crippen molar-refractivity contribution in [2.45, 2.75) is 6.42 Å². The molecular weight excluding hydrogens is 276 g/mol. The van der Waals surface area contributed by atoms with E-state index in [-0.39, 0.29) is 18.2 Å². The second-order valence-electron chi connectivity index (χ2n) is 4.08. The van der Waals surface area contributed by atoms with E-state index in [0.717, 1.165) is 4.88 Å². The molecule has 2 aromatic rings. The van der Waals surface area contributed by atoms with Gasteiger partial charge in [-0.3, -0.25) is 9.59 Å². The number of thiophene rings is 1. The van der Waals surface area contributed by atoms with E-state index in [2.05, 4.69) is 4.74 Å². The van der Waals surface area contributed by atoms with Crippen LogP contribution in [0.25, 0.3) is 0 Å². The van der Waals surface area contributed by atoms with Crippen molar-refractivity contribution in [1.29, 1.82) is 0 Å². The monoisotopic (exact) mass is 290 g/mol. The molecule has 0 spiro atoms. The van der Waals surface area contributed by atoms with Crippen LogP contribution in [0.2, 0.25) is 0 Å². The summed E-state index contributed by atoms with van der Waals surface area (Å²) < 4.78 is 9.71. The smallest absolute Gasteiger partial charge is 0.310 e. The average Bonchev–Trinajstić information content (AvgIpc) is 2.94. The van der Waals surface area contributed by atoms with Crippen molar-refractivity contribution in [3.63, 3.8) is 0 Å². The molecule has 0 fully saturated rings. The molecule has 2 rings (SSSR count). The molecule has 0 radical (unpaired) electrons. The fourth-order valence-corrected chi connectivity index (χ4v) is 2.67. The molecule has 0 aliphatic heterocycles. The Morgan fingerprint density at radius 1 is 1.15 bits per heavy atom. The maximum atomic E-state index is 12.3. The first-order valence-corrected chi connectivity index (χ1v) is 6.80. The highest BCUT2D eigenvalue weighted by Gasteiger charge is 2.14. The van der Waals surface area contributed by atoms with Crippen molar-refractivity contribution in [3.05, 3.63) is 51.7 Å². The fraction of sp³-hybridized carbons (Fsp3) is 0.200. The molecule has 5 heteroatoms. The van der Waals surface area contributed by atoms with Crippen molar-refractivity contribution >= 4 is 23.1 Å². The SMILES string of the molecule is COC(=O)Cc1ccc(C(=O)c2cccc(OC)c2)s1. The van der Waals surface area contributed by atoms with Crippen molar-refractivity contribution in [1.82, 2.24) is 0 Å². The van der Waals surface area contributed by atoms with Crippen LogP contribution in [0.15, 0.2) is 36.4 Å². The Balaban J connectivity index is 2.18. The Morgan fingerprint density at radius 2 is 1.95 bits per heavy atom. The first-order chi connectivity index (χ1) is 9.63. The Labute approximate surface area is 121 Å². The Morgan fingerprint density at radius 3 is 2.65 bits per heavy atom. The minimum absolute atomic E-state index is 0.0787. The number of esters is 1. The van der Waals surface area contributed by atoms with E-state index in [9.17, 15) is 9.59 Å². The van der Waals surface area contributed by atoms with Gasteiger partial charge in [0.1, 0.15) is 5.75 Å². The van der Waals surface area contributed by atoms with E-state index in [1.165, 1.54) is 18.4 Å². The van der Waals surface area contributed by atoms with Crippen LogP contribution in [-0.2, 0) is 16.0 Å². The molecule has 104 valence electrons. The molecule has 20 heavy (non-hydrogen) atoms. The van der Waals surface area contributed by atoms with Crippen LogP contribution >= 0.6 is 11.3 Å². The van der Waals surface area contributed by atoms with E-state index in [4.69, 9.17) is 4.74 Å². The van der Waals surface area contributed by atoms with Crippen LogP contribution in [0.1, 0.15) is 20.1 Å². The lowest BCUT2D eigenvalue weighted by molar-refractivity contribution is -0.139. The zero-order valence-electron chi connectivity index (χ0n) is 11.2. The number of carbonyl (C=O) groups excluding carboxylic acids is 2. The molecule has 0 aliphatic rings. The predicted octanol–water partition coefficient (Wildman–Crippen LogP) is 2.70. The lowest BCUT2D eigenvalue weighted by atomic mass is 10.1. The molecule has 0 unspecified atom stereocenters. The fourth-order valence-electron chi connectivity index (χ4n) is 1.72. The van der Waals surface area contributed by atoms with Gasteiger partial charge in [-0.1, -0.05) is 12.1 Å². The number of benzene rings is 1. The molecule has 0 amide bonds. The number of hydrogen-bond acceptors (Lipinski definition) is 5. The molecule has 1 aromatic heterocycles. The number of carbonyl (C=O) groups is 2. The van der Waals surface area contributed by atoms with Gasteiger partial charge in [-0.15, -0.1) is 11.3 Å². The van der Waals surface area contributed by atoms with E-state index in [1.54, 1.807) is 43.5 Å². The number of methoxy groups -OCH3 is 2. The third-order valence-electron chi connectivity index (χ3n) is 2.76. The molecule has 0 atom stereocenters. The summed E-state index contributed by atoms with van der Waals surface area (Å²) in [5.74, 6) is 0.249. The van der Waals surface area contributed by atoms with Crippen LogP contribution in [0.3, 0.4) is 0 Å². The molecule has 1 aromatic carbocycles. The van der Waals surface area contributed by atoms with Crippen molar-refractivity contribution in [2.75, 3.05) is 14.2 Å². The topological polar surface area (TPSA) is 52.6 Å². The highest BCUT2D eigenvalue weighted by atomic mass is 32.1. The second kappa shape index (κ2) is 6.34. The summed E-state index contributed by atoms with van der Waals surface area (Å²) >= 11 is 1.30. The minimum Gasteiger partial charge on any atom is -0.497 e. The van der Waals surface area contributed by atoms with E-state index in [0.29, 0.717) is 16.2 Å². The van der Waals surface area contributed by atoms with Gasteiger partial charge in [0, 0.05) is 10.4 Å². The molecule has 0 bridgehead atoms. The number of rotatable bonds is 5. The summed E-state index contributed by atoms with van der Waals surface area (Å²) in [4.78, 5) is 24.9. The zero-order valence-corrected chi connectivity index (χ0v) is 12.0. The summed E-state index contributed by atoms with van der Waals surface area (Å²) in [6.45, 7) is 0. The molecule has 1 heterocycles. The predicted molar refractivity (Wildman–Crippen MR) is 76.5 cm³/mol. The third-order valence-corrected chi connectivity index (χ3v) is 3.85. The molecule has 0 N–H and O–H groups in total. The molecule has 0 aliphatic carbocycles. The van der Waals surface area contributed by atoms with Gasteiger partial charge in [0.15, 0.2) is 0 Å². The Hall–Kier alpha value is -2.14. The summed E-state index contributed by atoms with van der Waals surface area (Å²) in [5, 5.41) is 0. The molecule has 0 saturated carbocycles. The van der Waals surface area contributed by atoms with Gasteiger partial charge in [0.05, 0.1) is 25.5 Å². The normalized spacial score (nSPS) is 10.1. The van der Waals surface area contributed by atoms with Gasteiger partial charge in [-0.2, -0.15) is 0 Å². The van der Waals surface area contributed by atoms with Gasteiger partial charge in [-0.25, -0.2) is 0 Å². The van der Waals surface area contributed by atoms with Crippen LogP contribution in [0.5, 0.6) is 5.75 Å². The van der Waals surface area contributed by atoms with Gasteiger partial charge < -0.3 is 9.47 Å². The summed E-state index contributed by atoms with van der Waals surface area (Å²) in [7, 11) is 2.90. The van der Waals surface area contributed by atoms with Crippen molar-refractivity contribution in [3.8, 4) is 5.75 Å². The Kier molecular flexibility index (Phi) is 4.53. The van der Waals surface area contributed by atoms with E-state index < -0.39 is 0 Å². The molecular formula is C15H14O4S. The largest absolute Gasteiger partial charge is 0.497 e. The highest BCUT2D eigenvalue weighted by molar-refractivity contribution is 7.14. The second-order valence-corrected chi connectivity index (χ2v) is 5.25. The van der Waals surface area contributed by atoms with Gasteiger partial charge >= 0.3 is 5.97 Å². The quantitative estimate of drug-likeness (QED) is 0.627. The van der Waals surface area contributed by atoms with Crippen LogP contribution in [-0.4, -0.2) is 26.0 Å². The van der Waals surface area contributed by atoms with Crippen LogP contribution in [0, 0.1) is 0 Å². The van der Waals surface area contributed by atoms with Crippen LogP contribution in [0.4, 0.5) is 0 Å². The van der Waals surface area contributed by atoms with Gasteiger partial charge in [0.2, 0.25) is 5.78 Å². The summed E-state index contributed by atoms with van der Waals surface area (Å²) in [6.07, 6.45) is 0.187. The Bertz CT molecular complexity index is 630. The first-order valence-electron chi connectivity index (χ1n) is 5.98. The average molecular weight is 290 g/mol. The lowest BCUT2D eigenvalue weighted by Gasteiger charge is -2.02. The minimum atomic E-state index is -0.313. The number of ether oxygens (including phenoxy) is 2.